The van der Waals surface area contributed by atoms with Gasteiger partial charge in [0.1, 0.15) is 5.82 Å². The van der Waals surface area contributed by atoms with Crippen molar-refractivity contribution in [2.75, 3.05) is 6.61 Å². The predicted molar refractivity (Wildman–Crippen MR) is 57.1 cm³/mol. The predicted octanol–water partition coefficient (Wildman–Crippen LogP) is 1.75. The van der Waals surface area contributed by atoms with E-state index >= 15 is 0 Å². The number of nitrogens with zero attached hydrogens (tertiary/aromatic N) is 2. The first kappa shape index (κ1) is 11.4. The van der Waals surface area contributed by atoms with Gasteiger partial charge in [0, 0.05) is 18.0 Å². The van der Waals surface area contributed by atoms with Crippen molar-refractivity contribution in [3.8, 4) is 0 Å². The Labute approximate surface area is 89.0 Å². The quantitative estimate of drug-likeness (QED) is 0.704. The monoisotopic (exact) mass is 206 g/mol. The lowest BCUT2D eigenvalue weighted by Crippen LogP contribution is -2.01. The summed E-state index contributed by atoms with van der Waals surface area (Å²) in [5.41, 5.74) is 0.880. The zero-order valence-electron chi connectivity index (χ0n) is 8.93. The molecular weight excluding hydrogens is 192 g/mol. The van der Waals surface area contributed by atoms with E-state index in [1.54, 1.807) is 31.5 Å². The molecule has 1 rings (SSSR count). The smallest absolute Gasteiger partial charge is 0.309 e. The standard InChI is InChI=1S/C11H14N2O2/c1-3-15-11(14)6-4-5-10-7-12-9(2)13-8-10/h4-5,7-8H,3,6H2,1-2H3. The maximum Gasteiger partial charge on any atom is 0.309 e. The molecule has 0 amide bonds. The average Bonchev–Trinajstić information content (AvgIpc) is 2.21. The Morgan fingerprint density at radius 3 is 2.73 bits per heavy atom. The number of esters is 1. The molecule has 0 aliphatic rings. The van der Waals surface area contributed by atoms with Gasteiger partial charge in [-0.25, -0.2) is 9.97 Å². The molecule has 1 aromatic rings. The summed E-state index contributed by atoms with van der Waals surface area (Å²) < 4.78 is 4.78. The van der Waals surface area contributed by atoms with E-state index in [0.29, 0.717) is 6.61 Å². The molecule has 4 nitrogen and oxygen atoms in total. The molecule has 0 aliphatic heterocycles. The molecule has 1 heterocycles. The second kappa shape index (κ2) is 5.90. The minimum absolute atomic E-state index is 0.221. The lowest BCUT2D eigenvalue weighted by atomic mass is 10.3. The Kier molecular flexibility index (Phi) is 4.47. The van der Waals surface area contributed by atoms with Crippen LogP contribution < -0.4 is 0 Å². The fourth-order valence-electron chi connectivity index (χ4n) is 1.000. The number of carbonyl (C=O) groups is 1. The van der Waals surface area contributed by atoms with E-state index in [1.165, 1.54) is 0 Å². The highest BCUT2D eigenvalue weighted by Crippen LogP contribution is 2.00. The number of ether oxygens (including phenoxy) is 1. The molecule has 0 bridgehead atoms. The lowest BCUT2D eigenvalue weighted by molar-refractivity contribution is -0.142. The highest BCUT2D eigenvalue weighted by atomic mass is 16.5. The van der Waals surface area contributed by atoms with Gasteiger partial charge in [-0.15, -0.1) is 0 Å². The van der Waals surface area contributed by atoms with Crippen molar-refractivity contribution in [2.24, 2.45) is 0 Å². The van der Waals surface area contributed by atoms with Crippen molar-refractivity contribution in [1.29, 1.82) is 0 Å². The van der Waals surface area contributed by atoms with Crippen LogP contribution >= 0.6 is 0 Å². The van der Waals surface area contributed by atoms with Crippen LogP contribution in [0.1, 0.15) is 24.7 Å². The van der Waals surface area contributed by atoms with Gasteiger partial charge in [-0.2, -0.15) is 0 Å². The van der Waals surface area contributed by atoms with E-state index < -0.39 is 0 Å². The lowest BCUT2D eigenvalue weighted by Gasteiger charge is -1.96. The zero-order chi connectivity index (χ0) is 11.1. The SMILES string of the molecule is CCOC(=O)CC=Cc1cnc(C)nc1. The first-order valence-electron chi connectivity index (χ1n) is 4.83. The summed E-state index contributed by atoms with van der Waals surface area (Å²) >= 11 is 0. The summed E-state index contributed by atoms with van der Waals surface area (Å²) in [5, 5.41) is 0. The third-order valence-electron chi connectivity index (χ3n) is 1.70. The Morgan fingerprint density at radius 2 is 2.13 bits per heavy atom. The molecular formula is C11H14N2O2. The van der Waals surface area contributed by atoms with Crippen molar-refractivity contribution in [3.63, 3.8) is 0 Å². The molecule has 0 radical (unpaired) electrons. The third kappa shape index (κ3) is 4.35. The maximum absolute atomic E-state index is 11.0. The highest BCUT2D eigenvalue weighted by Gasteiger charge is 1.96. The molecule has 0 spiro atoms. The fraction of sp³-hybridized carbons (Fsp3) is 0.364. The van der Waals surface area contributed by atoms with Gasteiger partial charge in [0.05, 0.1) is 13.0 Å². The largest absolute Gasteiger partial charge is 0.466 e. The first-order valence-corrected chi connectivity index (χ1v) is 4.83. The molecule has 15 heavy (non-hydrogen) atoms. The van der Waals surface area contributed by atoms with E-state index in [0.717, 1.165) is 11.4 Å². The van der Waals surface area contributed by atoms with Crippen molar-refractivity contribution in [3.05, 3.63) is 29.9 Å². The second-order valence-electron chi connectivity index (χ2n) is 2.98. The Balaban J connectivity index is 2.44. The molecule has 0 saturated carbocycles. The first-order chi connectivity index (χ1) is 7.22. The normalized spacial score (nSPS) is 10.5. The molecule has 0 fully saturated rings. The van der Waals surface area contributed by atoms with E-state index in [-0.39, 0.29) is 12.4 Å². The van der Waals surface area contributed by atoms with Crippen molar-refractivity contribution < 1.29 is 9.53 Å². The van der Waals surface area contributed by atoms with Crippen molar-refractivity contribution in [1.82, 2.24) is 9.97 Å². The Morgan fingerprint density at radius 1 is 1.47 bits per heavy atom. The summed E-state index contributed by atoms with van der Waals surface area (Å²) in [6, 6.07) is 0. The van der Waals surface area contributed by atoms with Gasteiger partial charge < -0.3 is 4.74 Å². The van der Waals surface area contributed by atoms with Crippen LogP contribution in [0.2, 0.25) is 0 Å². The van der Waals surface area contributed by atoms with Gasteiger partial charge in [0.15, 0.2) is 0 Å². The molecule has 4 heteroatoms. The van der Waals surface area contributed by atoms with Gasteiger partial charge >= 0.3 is 5.97 Å². The molecule has 0 aliphatic carbocycles. The van der Waals surface area contributed by atoms with Crippen LogP contribution in [0.4, 0.5) is 0 Å². The fourth-order valence-corrected chi connectivity index (χ4v) is 1.000. The van der Waals surface area contributed by atoms with Crippen LogP contribution in [-0.4, -0.2) is 22.5 Å². The topological polar surface area (TPSA) is 52.1 Å². The third-order valence-corrected chi connectivity index (χ3v) is 1.70. The minimum atomic E-state index is -0.221. The summed E-state index contributed by atoms with van der Waals surface area (Å²) in [6.07, 6.45) is 7.25. The summed E-state index contributed by atoms with van der Waals surface area (Å²) in [5.74, 6) is 0.513. The minimum Gasteiger partial charge on any atom is -0.466 e. The van der Waals surface area contributed by atoms with Gasteiger partial charge in [0.2, 0.25) is 0 Å². The molecule has 0 unspecified atom stereocenters. The molecule has 0 aromatic carbocycles. The number of hydrogen-bond acceptors (Lipinski definition) is 4. The molecule has 80 valence electrons. The number of rotatable bonds is 4. The van der Waals surface area contributed by atoms with Gasteiger partial charge in [-0.05, 0) is 13.8 Å². The van der Waals surface area contributed by atoms with Crippen LogP contribution in [0, 0.1) is 6.92 Å². The van der Waals surface area contributed by atoms with Crippen LogP contribution in [0.3, 0.4) is 0 Å². The molecule has 0 N–H and O–H groups in total. The summed E-state index contributed by atoms with van der Waals surface area (Å²) in [6.45, 7) is 4.03. The number of aryl methyl sites for hydroxylation is 1. The van der Waals surface area contributed by atoms with E-state index in [1.807, 2.05) is 6.92 Å². The Bertz CT molecular complexity index is 344. The second-order valence-corrected chi connectivity index (χ2v) is 2.98. The highest BCUT2D eigenvalue weighted by molar-refractivity contribution is 5.72. The van der Waals surface area contributed by atoms with Crippen LogP contribution in [-0.2, 0) is 9.53 Å². The van der Waals surface area contributed by atoms with E-state index in [2.05, 4.69) is 9.97 Å². The van der Waals surface area contributed by atoms with Gasteiger partial charge in [-0.1, -0.05) is 12.2 Å². The molecule has 1 aromatic heterocycles. The molecule has 0 saturated heterocycles. The van der Waals surface area contributed by atoms with E-state index in [9.17, 15) is 4.79 Å². The number of aromatic nitrogens is 2. The van der Waals surface area contributed by atoms with Gasteiger partial charge in [-0.3, -0.25) is 4.79 Å². The summed E-state index contributed by atoms with van der Waals surface area (Å²) in [7, 11) is 0. The molecule has 0 atom stereocenters. The van der Waals surface area contributed by atoms with Crippen LogP contribution in [0.5, 0.6) is 0 Å². The number of carbonyl (C=O) groups excluding carboxylic acids is 1. The Hall–Kier alpha value is -1.71. The van der Waals surface area contributed by atoms with Gasteiger partial charge in [0.25, 0.3) is 0 Å². The number of hydrogen-bond donors (Lipinski definition) is 0. The van der Waals surface area contributed by atoms with Crippen LogP contribution in [0.15, 0.2) is 18.5 Å². The average molecular weight is 206 g/mol. The van der Waals surface area contributed by atoms with Crippen molar-refractivity contribution in [2.45, 2.75) is 20.3 Å². The van der Waals surface area contributed by atoms with Crippen LogP contribution in [0.25, 0.3) is 6.08 Å². The maximum atomic E-state index is 11.0. The zero-order valence-corrected chi connectivity index (χ0v) is 8.93. The summed E-state index contributed by atoms with van der Waals surface area (Å²) in [4.78, 5) is 19.1. The van der Waals surface area contributed by atoms with Crippen molar-refractivity contribution >= 4 is 12.0 Å². The van der Waals surface area contributed by atoms with E-state index in [4.69, 9.17) is 4.74 Å².